The van der Waals surface area contributed by atoms with Crippen molar-refractivity contribution in [1.82, 2.24) is 5.32 Å². The van der Waals surface area contributed by atoms with Gasteiger partial charge in [-0.15, -0.1) is 11.3 Å². The Morgan fingerprint density at radius 2 is 2.00 bits per heavy atom. The summed E-state index contributed by atoms with van der Waals surface area (Å²) in [6.45, 7) is 1.31. The topological polar surface area (TPSA) is 50.4 Å². The molecule has 0 bridgehead atoms. The van der Waals surface area contributed by atoms with Crippen molar-refractivity contribution >= 4 is 33.2 Å². The van der Waals surface area contributed by atoms with E-state index in [1.807, 2.05) is 36.4 Å². The molecule has 2 aromatic rings. The molecule has 0 aliphatic heterocycles. The number of aliphatic imine (C=N–C) groups is 1. The highest BCUT2D eigenvalue weighted by Gasteiger charge is 1.98. The molecule has 3 N–H and O–H groups in total. The van der Waals surface area contributed by atoms with Crippen molar-refractivity contribution in [3.05, 3.63) is 56.7 Å². The molecule has 0 saturated heterocycles. The Morgan fingerprint density at radius 3 is 2.67 bits per heavy atom. The van der Waals surface area contributed by atoms with E-state index in [0.29, 0.717) is 19.0 Å². The maximum atomic E-state index is 5.81. The van der Waals surface area contributed by atoms with Gasteiger partial charge in [-0.3, -0.25) is 0 Å². The zero-order valence-corrected chi connectivity index (χ0v) is 12.2. The number of thiophene rings is 1. The Morgan fingerprint density at radius 1 is 1.22 bits per heavy atom. The van der Waals surface area contributed by atoms with Gasteiger partial charge in [0.25, 0.3) is 0 Å². The molecule has 5 heteroatoms. The van der Waals surface area contributed by atoms with E-state index in [-0.39, 0.29) is 0 Å². The van der Waals surface area contributed by atoms with Crippen LogP contribution in [-0.4, -0.2) is 5.96 Å². The minimum Gasteiger partial charge on any atom is -0.370 e. The van der Waals surface area contributed by atoms with Crippen LogP contribution in [0.5, 0.6) is 0 Å². The van der Waals surface area contributed by atoms with Crippen molar-refractivity contribution in [1.29, 1.82) is 0 Å². The smallest absolute Gasteiger partial charge is 0.189 e. The van der Waals surface area contributed by atoms with Crippen LogP contribution in [0.25, 0.3) is 0 Å². The van der Waals surface area contributed by atoms with Crippen LogP contribution in [0.2, 0.25) is 0 Å². The lowest BCUT2D eigenvalue weighted by atomic mass is 10.2. The van der Waals surface area contributed by atoms with Crippen molar-refractivity contribution in [3.8, 4) is 0 Å². The van der Waals surface area contributed by atoms with Crippen molar-refractivity contribution in [2.75, 3.05) is 0 Å². The Balaban J connectivity index is 1.82. The van der Waals surface area contributed by atoms with Crippen LogP contribution in [0.3, 0.4) is 0 Å². The van der Waals surface area contributed by atoms with Gasteiger partial charge in [-0.25, -0.2) is 4.99 Å². The maximum absolute atomic E-state index is 5.81. The van der Waals surface area contributed by atoms with Crippen molar-refractivity contribution in [2.45, 2.75) is 13.1 Å². The largest absolute Gasteiger partial charge is 0.370 e. The van der Waals surface area contributed by atoms with E-state index < -0.39 is 0 Å². The van der Waals surface area contributed by atoms with Crippen LogP contribution in [0.4, 0.5) is 0 Å². The zero-order chi connectivity index (χ0) is 12.8. The van der Waals surface area contributed by atoms with E-state index in [1.165, 1.54) is 4.88 Å². The predicted molar refractivity (Wildman–Crippen MR) is 80.6 cm³/mol. The van der Waals surface area contributed by atoms with Gasteiger partial charge in [0.1, 0.15) is 0 Å². The number of benzene rings is 1. The first kappa shape index (κ1) is 13.1. The third kappa shape index (κ3) is 4.16. The zero-order valence-electron chi connectivity index (χ0n) is 9.77. The average Bonchev–Trinajstić information content (AvgIpc) is 2.81. The first-order valence-corrected chi connectivity index (χ1v) is 7.17. The lowest BCUT2D eigenvalue weighted by Gasteiger charge is -2.03. The van der Waals surface area contributed by atoms with E-state index in [4.69, 9.17) is 5.73 Å². The molecular weight excluding hydrogens is 310 g/mol. The maximum Gasteiger partial charge on any atom is 0.189 e. The molecule has 0 saturated carbocycles. The highest BCUT2D eigenvalue weighted by Crippen LogP contribution is 2.21. The summed E-state index contributed by atoms with van der Waals surface area (Å²) in [7, 11) is 0. The fraction of sp³-hybridized carbons (Fsp3) is 0.154. The fourth-order valence-corrected chi connectivity index (χ4v) is 2.86. The molecule has 0 fully saturated rings. The Kier molecular flexibility index (Phi) is 4.78. The van der Waals surface area contributed by atoms with Crippen LogP contribution in [0.1, 0.15) is 10.4 Å². The van der Waals surface area contributed by atoms with Gasteiger partial charge in [0, 0.05) is 4.88 Å². The molecule has 0 aliphatic rings. The second kappa shape index (κ2) is 6.56. The predicted octanol–water partition coefficient (Wildman–Crippen LogP) is 3.12. The van der Waals surface area contributed by atoms with Gasteiger partial charge in [-0.05, 0) is 33.6 Å². The number of nitrogens with zero attached hydrogens (tertiary/aromatic N) is 1. The molecule has 1 aromatic heterocycles. The second-order valence-electron chi connectivity index (χ2n) is 3.75. The molecule has 0 unspecified atom stereocenters. The number of nitrogens with two attached hydrogens (primary N) is 1. The number of halogens is 1. The minimum absolute atomic E-state index is 0.475. The highest BCUT2D eigenvalue weighted by molar-refractivity contribution is 9.11. The quantitative estimate of drug-likeness (QED) is 0.671. The van der Waals surface area contributed by atoms with Crippen molar-refractivity contribution in [3.63, 3.8) is 0 Å². The fourth-order valence-electron chi connectivity index (χ4n) is 1.44. The molecule has 2 rings (SSSR count). The van der Waals surface area contributed by atoms with Crippen LogP contribution < -0.4 is 11.1 Å². The summed E-state index contributed by atoms with van der Waals surface area (Å²) in [6, 6.07) is 14.1. The second-order valence-corrected chi connectivity index (χ2v) is 6.29. The van der Waals surface area contributed by atoms with E-state index >= 15 is 0 Å². The van der Waals surface area contributed by atoms with Gasteiger partial charge in [0.15, 0.2) is 5.96 Å². The van der Waals surface area contributed by atoms with Gasteiger partial charge < -0.3 is 11.1 Å². The van der Waals surface area contributed by atoms with Gasteiger partial charge in [-0.2, -0.15) is 0 Å². The summed E-state index contributed by atoms with van der Waals surface area (Å²) in [4.78, 5) is 5.51. The molecule has 94 valence electrons. The number of hydrogen-bond donors (Lipinski definition) is 2. The normalized spacial score (nSPS) is 11.5. The summed E-state index contributed by atoms with van der Waals surface area (Å²) >= 11 is 5.12. The molecule has 0 aliphatic carbocycles. The van der Waals surface area contributed by atoms with Gasteiger partial charge in [0.2, 0.25) is 0 Å². The molecule has 0 radical (unpaired) electrons. The lowest BCUT2D eigenvalue weighted by Crippen LogP contribution is -2.30. The number of nitrogens with one attached hydrogen (secondary N) is 1. The molecule has 1 heterocycles. The van der Waals surface area contributed by atoms with Crippen molar-refractivity contribution in [2.24, 2.45) is 10.7 Å². The molecule has 18 heavy (non-hydrogen) atoms. The summed E-state index contributed by atoms with van der Waals surface area (Å²) < 4.78 is 1.12. The first-order chi connectivity index (χ1) is 8.74. The van der Waals surface area contributed by atoms with E-state index in [2.05, 4.69) is 32.3 Å². The monoisotopic (exact) mass is 323 g/mol. The van der Waals surface area contributed by atoms with Crippen LogP contribution in [0, 0.1) is 0 Å². The van der Waals surface area contributed by atoms with E-state index in [1.54, 1.807) is 11.3 Å². The first-order valence-electron chi connectivity index (χ1n) is 5.56. The lowest BCUT2D eigenvalue weighted by molar-refractivity contribution is 0.899. The molecule has 3 nitrogen and oxygen atoms in total. The number of hydrogen-bond acceptors (Lipinski definition) is 2. The van der Waals surface area contributed by atoms with Crippen LogP contribution in [0.15, 0.2) is 51.2 Å². The number of guanidine groups is 1. The summed E-state index contributed by atoms with van der Waals surface area (Å²) in [5, 5.41) is 3.10. The number of rotatable bonds is 4. The van der Waals surface area contributed by atoms with Gasteiger partial charge >= 0.3 is 0 Å². The molecule has 0 atom stereocenters. The summed E-state index contributed by atoms with van der Waals surface area (Å²) in [5.41, 5.74) is 6.96. The Labute approximate surface area is 119 Å². The highest BCUT2D eigenvalue weighted by atomic mass is 79.9. The third-order valence-electron chi connectivity index (χ3n) is 2.35. The van der Waals surface area contributed by atoms with E-state index in [0.717, 1.165) is 9.35 Å². The minimum atomic E-state index is 0.475. The van der Waals surface area contributed by atoms with Gasteiger partial charge in [-0.1, -0.05) is 30.3 Å². The van der Waals surface area contributed by atoms with E-state index in [9.17, 15) is 0 Å². The summed E-state index contributed by atoms with van der Waals surface area (Å²) in [5.74, 6) is 0.475. The van der Waals surface area contributed by atoms with Crippen LogP contribution >= 0.6 is 27.3 Å². The Hall–Kier alpha value is -1.33. The molecular formula is C13H14BrN3S. The van der Waals surface area contributed by atoms with Gasteiger partial charge in [0.05, 0.1) is 16.9 Å². The Bertz CT molecular complexity index is 522. The third-order valence-corrected chi connectivity index (χ3v) is 3.97. The average molecular weight is 324 g/mol. The molecule has 0 spiro atoms. The summed E-state index contributed by atoms with van der Waals surface area (Å²) in [6.07, 6.45) is 0. The van der Waals surface area contributed by atoms with Crippen LogP contribution in [-0.2, 0) is 13.1 Å². The molecule has 1 aromatic carbocycles. The van der Waals surface area contributed by atoms with Crippen molar-refractivity contribution < 1.29 is 0 Å². The standard InChI is InChI=1S/C13H14BrN3S/c14-12-7-6-11(18-12)9-17-13(15)16-8-10-4-2-1-3-5-10/h1-7H,8-9H2,(H3,15,16,17). The SMILES string of the molecule is NC(=NCc1ccccc1)NCc1ccc(Br)s1. The molecule has 0 amide bonds.